The lowest BCUT2D eigenvalue weighted by Gasteiger charge is -2.29. The summed E-state index contributed by atoms with van der Waals surface area (Å²) in [7, 11) is 3.30. The molecule has 2 aromatic carbocycles. The fourth-order valence-electron chi connectivity index (χ4n) is 4.38. The number of methoxy groups -OCH3 is 1. The molecule has 3 aromatic rings. The van der Waals surface area contributed by atoms with Crippen LogP contribution in [0.3, 0.4) is 0 Å². The molecule has 0 N–H and O–H groups in total. The first kappa shape index (κ1) is 23.2. The fourth-order valence-corrected chi connectivity index (χ4v) is 4.38. The van der Waals surface area contributed by atoms with E-state index < -0.39 is 5.41 Å². The van der Waals surface area contributed by atoms with Crippen molar-refractivity contribution in [3.8, 4) is 5.75 Å². The van der Waals surface area contributed by atoms with E-state index in [0.29, 0.717) is 17.9 Å². The standard InChI is InChI=1S/C27H27N3O4/c1-29(18-21-7-6-10-23(15-21)34-2)24(31)16-27(22-8-4-3-5-9-22)17-25(32)30(26(27)33)19-20-11-13-28-14-12-20/h3-15H,16-19H2,1-2H3. The van der Waals surface area contributed by atoms with E-state index in [-0.39, 0.29) is 37.1 Å². The van der Waals surface area contributed by atoms with Crippen molar-refractivity contribution in [3.63, 3.8) is 0 Å². The Labute approximate surface area is 199 Å². The predicted octanol–water partition coefficient (Wildman–Crippen LogP) is 3.34. The van der Waals surface area contributed by atoms with Crippen LogP contribution in [0.1, 0.15) is 29.5 Å². The van der Waals surface area contributed by atoms with Gasteiger partial charge in [0.25, 0.3) is 0 Å². The first-order valence-corrected chi connectivity index (χ1v) is 11.1. The Bertz CT molecular complexity index is 1180. The molecule has 174 valence electrons. The topological polar surface area (TPSA) is 79.8 Å². The van der Waals surface area contributed by atoms with Crippen LogP contribution in [0.2, 0.25) is 0 Å². The van der Waals surface area contributed by atoms with Gasteiger partial charge in [-0.1, -0.05) is 42.5 Å². The smallest absolute Gasteiger partial charge is 0.241 e. The van der Waals surface area contributed by atoms with Crippen LogP contribution < -0.4 is 4.74 Å². The maximum absolute atomic E-state index is 13.7. The van der Waals surface area contributed by atoms with Gasteiger partial charge in [0, 0.05) is 38.8 Å². The maximum atomic E-state index is 13.7. The van der Waals surface area contributed by atoms with Crippen molar-refractivity contribution >= 4 is 17.7 Å². The first-order chi connectivity index (χ1) is 16.4. The van der Waals surface area contributed by atoms with E-state index in [9.17, 15) is 14.4 Å². The van der Waals surface area contributed by atoms with Crippen LogP contribution in [0.15, 0.2) is 79.1 Å². The highest BCUT2D eigenvalue weighted by Crippen LogP contribution is 2.41. The highest BCUT2D eigenvalue weighted by molar-refractivity contribution is 6.10. The number of imide groups is 1. The molecule has 34 heavy (non-hydrogen) atoms. The van der Waals surface area contributed by atoms with Gasteiger partial charge in [0.15, 0.2) is 0 Å². The summed E-state index contributed by atoms with van der Waals surface area (Å²) >= 11 is 0. The molecule has 7 nitrogen and oxygen atoms in total. The molecule has 0 spiro atoms. The summed E-state index contributed by atoms with van der Waals surface area (Å²) in [4.78, 5) is 47.0. The SMILES string of the molecule is COc1cccc(CN(C)C(=O)CC2(c3ccccc3)CC(=O)N(Cc3ccncc3)C2=O)c1. The predicted molar refractivity (Wildman–Crippen MR) is 127 cm³/mol. The minimum absolute atomic E-state index is 0.0420. The Morgan fingerprint density at radius 3 is 2.47 bits per heavy atom. The Kier molecular flexibility index (Phi) is 6.72. The van der Waals surface area contributed by atoms with E-state index in [2.05, 4.69) is 4.98 Å². The molecule has 1 fully saturated rings. The van der Waals surface area contributed by atoms with Crippen molar-refractivity contribution in [2.45, 2.75) is 31.3 Å². The number of likely N-dealkylation sites (tertiary alicyclic amines) is 1. The monoisotopic (exact) mass is 457 g/mol. The van der Waals surface area contributed by atoms with E-state index in [1.807, 2.05) is 54.6 Å². The lowest BCUT2D eigenvalue weighted by molar-refractivity contribution is -0.143. The lowest BCUT2D eigenvalue weighted by atomic mass is 9.75. The number of pyridine rings is 1. The van der Waals surface area contributed by atoms with Gasteiger partial charge in [-0.25, -0.2) is 0 Å². The Hall–Kier alpha value is -4.00. The number of carbonyl (C=O) groups is 3. The summed E-state index contributed by atoms with van der Waals surface area (Å²) < 4.78 is 5.27. The van der Waals surface area contributed by atoms with Gasteiger partial charge < -0.3 is 9.64 Å². The minimum atomic E-state index is -1.23. The molecule has 1 unspecified atom stereocenters. The van der Waals surface area contributed by atoms with Gasteiger partial charge in [0.1, 0.15) is 5.75 Å². The van der Waals surface area contributed by atoms with Crippen molar-refractivity contribution in [1.29, 1.82) is 0 Å². The highest BCUT2D eigenvalue weighted by Gasteiger charge is 2.53. The molecular formula is C27H27N3O4. The summed E-state index contributed by atoms with van der Waals surface area (Å²) in [6, 6.07) is 20.2. The van der Waals surface area contributed by atoms with Gasteiger partial charge in [-0.3, -0.25) is 24.3 Å². The number of ether oxygens (including phenoxy) is 1. The number of aromatic nitrogens is 1. The minimum Gasteiger partial charge on any atom is -0.497 e. The third kappa shape index (κ3) is 4.69. The van der Waals surface area contributed by atoms with E-state index in [1.165, 1.54) is 4.90 Å². The number of hydrogen-bond acceptors (Lipinski definition) is 5. The lowest BCUT2D eigenvalue weighted by Crippen LogP contribution is -2.42. The number of rotatable bonds is 8. The number of hydrogen-bond donors (Lipinski definition) is 0. The zero-order valence-corrected chi connectivity index (χ0v) is 19.3. The number of benzene rings is 2. The van der Waals surface area contributed by atoms with Crippen LogP contribution in [-0.2, 0) is 32.9 Å². The molecule has 1 aromatic heterocycles. The second-order valence-corrected chi connectivity index (χ2v) is 8.54. The van der Waals surface area contributed by atoms with Crippen LogP contribution in [0.25, 0.3) is 0 Å². The van der Waals surface area contributed by atoms with E-state index in [0.717, 1.165) is 11.1 Å². The fraction of sp³-hybridized carbons (Fsp3) is 0.259. The van der Waals surface area contributed by atoms with E-state index in [4.69, 9.17) is 4.74 Å². The normalized spacial score (nSPS) is 17.6. The molecule has 3 amide bonds. The molecule has 1 saturated heterocycles. The Morgan fingerprint density at radius 2 is 1.76 bits per heavy atom. The molecule has 1 aliphatic rings. The molecule has 0 saturated carbocycles. The molecule has 1 aliphatic heterocycles. The average Bonchev–Trinajstić information content (AvgIpc) is 3.10. The number of nitrogens with zero attached hydrogens (tertiary/aromatic N) is 3. The number of amides is 3. The molecule has 0 radical (unpaired) electrons. The molecule has 2 heterocycles. The van der Waals surface area contributed by atoms with Gasteiger partial charge in [0.2, 0.25) is 17.7 Å². The third-order valence-corrected chi connectivity index (χ3v) is 6.26. The van der Waals surface area contributed by atoms with Crippen LogP contribution in [0.5, 0.6) is 5.75 Å². The van der Waals surface area contributed by atoms with Gasteiger partial charge >= 0.3 is 0 Å². The van der Waals surface area contributed by atoms with E-state index >= 15 is 0 Å². The zero-order valence-electron chi connectivity index (χ0n) is 19.3. The summed E-state index contributed by atoms with van der Waals surface area (Å²) in [6.45, 7) is 0.520. The van der Waals surface area contributed by atoms with E-state index in [1.54, 1.807) is 43.6 Å². The molecule has 0 aliphatic carbocycles. The molecular weight excluding hydrogens is 430 g/mol. The summed E-state index contributed by atoms with van der Waals surface area (Å²) in [5.41, 5.74) is 1.17. The van der Waals surface area contributed by atoms with Gasteiger partial charge in [-0.2, -0.15) is 0 Å². The average molecular weight is 458 g/mol. The van der Waals surface area contributed by atoms with Gasteiger partial charge in [-0.15, -0.1) is 0 Å². The zero-order chi connectivity index (χ0) is 24.1. The Balaban J connectivity index is 1.59. The van der Waals surface area contributed by atoms with Crippen molar-refractivity contribution < 1.29 is 19.1 Å². The first-order valence-electron chi connectivity index (χ1n) is 11.1. The van der Waals surface area contributed by atoms with Crippen molar-refractivity contribution in [1.82, 2.24) is 14.8 Å². The van der Waals surface area contributed by atoms with Gasteiger partial charge in [-0.05, 0) is 41.0 Å². The molecule has 7 heteroatoms. The number of carbonyl (C=O) groups excluding carboxylic acids is 3. The largest absolute Gasteiger partial charge is 0.497 e. The van der Waals surface area contributed by atoms with Crippen molar-refractivity contribution in [2.75, 3.05) is 14.2 Å². The van der Waals surface area contributed by atoms with Crippen LogP contribution in [0, 0.1) is 0 Å². The second kappa shape index (κ2) is 9.87. The van der Waals surface area contributed by atoms with Gasteiger partial charge in [0.05, 0.1) is 19.1 Å². The maximum Gasteiger partial charge on any atom is 0.241 e. The molecule has 4 rings (SSSR count). The van der Waals surface area contributed by atoms with Crippen LogP contribution in [0.4, 0.5) is 0 Å². The summed E-state index contributed by atoms with van der Waals surface area (Å²) in [6.07, 6.45) is 3.12. The van der Waals surface area contributed by atoms with Crippen LogP contribution in [-0.4, -0.2) is 46.7 Å². The quantitative estimate of drug-likeness (QED) is 0.485. The summed E-state index contributed by atoms with van der Waals surface area (Å²) in [5, 5.41) is 0. The second-order valence-electron chi connectivity index (χ2n) is 8.54. The third-order valence-electron chi connectivity index (χ3n) is 6.26. The highest BCUT2D eigenvalue weighted by atomic mass is 16.5. The summed E-state index contributed by atoms with van der Waals surface area (Å²) in [5.74, 6) is -0.126. The van der Waals surface area contributed by atoms with Crippen molar-refractivity contribution in [3.05, 3.63) is 95.8 Å². The molecule has 1 atom stereocenters. The molecule has 0 bridgehead atoms. The van der Waals surface area contributed by atoms with Crippen molar-refractivity contribution in [2.24, 2.45) is 0 Å². The Morgan fingerprint density at radius 1 is 1.03 bits per heavy atom. The van der Waals surface area contributed by atoms with Crippen LogP contribution >= 0.6 is 0 Å².